The quantitative estimate of drug-likeness (QED) is 0.931. The van der Waals surface area contributed by atoms with Gasteiger partial charge in [-0.2, -0.15) is 0 Å². The summed E-state index contributed by atoms with van der Waals surface area (Å²) in [6.07, 6.45) is 3.20. The van der Waals surface area contributed by atoms with Gasteiger partial charge >= 0.3 is 0 Å². The van der Waals surface area contributed by atoms with Crippen LogP contribution in [0.25, 0.3) is 0 Å². The molecule has 1 aliphatic carbocycles. The van der Waals surface area contributed by atoms with E-state index >= 15 is 0 Å². The standard InChI is InChI=1S/C20H23NO2/c1-14-7-5-8-15(2)20(14)23-13-19(22)21-18-12-6-10-16-9-3-4-11-17(16)18/h3-5,7-9,11,18H,6,10,12-13H2,1-2H3,(H,21,22)/t18-/m0/s1. The number of fused-ring (bicyclic) bond motifs is 1. The van der Waals surface area contributed by atoms with Crippen LogP contribution in [0.2, 0.25) is 0 Å². The summed E-state index contributed by atoms with van der Waals surface area (Å²) in [6.45, 7) is 4.06. The third-order valence-electron chi connectivity index (χ3n) is 4.46. The first-order chi connectivity index (χ1) is 11.1. The Morgan fingerprint density at radius 1 is 1.13 bits per heavy atom. The van der Waals surface area contributed by atoms with E-state index in [1.54, 1.807) is 0 Å². The molecule has 120 valence electrons. The number of hydrogen-bond donors (Lipinski definition) is 1. The summed E-state index contributed by atoms with van der Waals surface area (Å²) >= 11 is 0. The van der Waals surface area contributed by atoms with Crippen LogP contribution in [0.5, 0.6) is 5.75 Å². The summed E-state index contributed by atoms with van der Waals surface area (Å²) in [6, 6.07) is 14.5. The van der Waals surface area contributed by atoms with Crippen LogP contribution in [-0.4, -0.2) is 12.5 Å². The van der Waals surface area contributed by atoms with Gasteiger partial charge in [0.25, 0.3) is 5.91 Å². The number of hydrogen-bond acceptors (Lipinski definition) is 2. The molecule has 0 heterocycles. The molecule has 3 heteroatoms. The van der Waals surface area contributed by atoms with Crippen molar-refractivity contribution in [2.75, 3.05) is 6.61 Å². The lowest BCUT2D eigenvalue weighted by molar-refractivity contribution is -0.124. The molecule has 3 rings (SSSR count). The molecule has 0 aliphatic heterocycles. The van der Waals surface area contributed by atoms with E-state index in [9.17, 15) is 4.79 Å². The first-order valence-corrected chi connectivity index (χ1v) is 8.21. The zero-order chi connectivity index (χ0) is 16.2. The van der Waals surface area contributed by atoms with E-state index in [0.717, 1.165) is 36.1 Å². The van der Waals surface area contributed by atoms with Gasteiger partial charge in [-0.25, -0.2) is 0 Å². The normalized spacial score (nSPS) is 16.5. The van der Waals surface area contributed by atoms with Crippen LogP contribution in [0.15, 0.2) is 42.5 Å². The molecule has 0 unspecified atom stereocenters. The fraction of sp³-hybridized carbons (Fsp3) is 0.350. The number of rotatable bonds is 4. The third kappa shape index (κ3) is 3.55. The summed E-state index contributed by atoms with van der Waals surface area (Å²) in [5.41, 5.74) is 4.71. The summed E-state index contributed by atoms with van der Waals surface area (Å²) in [5.74, 6) is 0.751. The van der Waals surface area contributed by atoms with Gasteiger partial charge in [-0.1, -0.05) is 42.5 Å². The highest BCUT2D eigenvalue weighted by atomic mass is 16.5. The van der Waals surface area contributed by atoms with Crippen LogP contribution in [0.4, 0.5) is 0 Å². The lowest BCUT2D eigenvalue weighted by Crippen LogP contribution is -2.34. The van der Waals surface area contributed by atoms with Gasteiger partial charge in [0.05, 0.1) is 6.04 Å². The summed E-state index contributed by atoms with van der Waals surface area (Å²) in [7, 11) is 0. The van der Waals surface area contributed by atoms with Crippen LogP contribution in [-0.2, 0) is 11.2 Å². The second-order valence-electron chi connectivity index (χ2n) is 6.22. The summed E-state index contributed by atoms with van der Waals surface area (Å²) in [4.78, 5) is 12.3. The van der Waals surface area contributed by atoms with Crippen molar-refractivity contribution < 1.29 is 9.53 Å². The average Bonchev–Trinajstić information content (AvgIpc) is 2.55. The second kappa shape index (κ2) is 6.86. The van der Waals surface area contributed by atoms with Gasteiger partial charge < -0.3 is 10.1 Å². The predicted molar refractivity (Wildman–Crippen MR) is 91.7 cm³/mol. The van der Waals surface area contributed by atoms with Crippen molar-refractivity contribution in [1.82, 2.24) is 5.32 Å². The second-order valence-corrected chi connectivity index (χ2v) is 6.22. The van der Waals surface area contributed by atoms with Crippen LogP contribution in [0.1, 0.15) is 41.1 Å². The molecule has 0 fully saturated rings. The largest absolute Gasteiger partial charge is 0.483 e. The molecule has 1 N–H and O–H groups in total. The Morgan fingerprint density at radius 3 is 2.65 bits per heavy atom. The fourth-order valence-electron chi connectivity index (χ4n) is 3.30. The molecule has 1 amide bonds. The molecule has 0 saturated heterocycles. The maximum absolute atomic E-state index is 12.3. The number of nitrogens with one attached hydrogen (secondary N) is 1. The van der Waals surface area contributed by atoms with Gasteiger partial charge in [0.1, 0.15) is 5.75 Å². The van der Waals surface area contributed by atoms with Crippen molar-refractivity contribution in [2.24, 2.45) is 0 Å². The highest BCUT2D eigenvalue weighted by Crippen LogP contribution is 2.29. The minimum atomic E-state index is -0.0608. The topological polar surface area (TPSA) is 38.3 Å². The van der Waals surface area contributed by atoms with E-state index in [1.807, 2.05) is 38.1 Å². The van der Waals surface area contributed by atoms with Gasteiger partial charge in [-0.3, -0.25) is 4.79 Å². The van der Waals surface area contributed by atoms with E-state index < -0.39 is 0 Å². The lowest BCUT2D eigenvalue weighted by Gasteiger charge is -2.26. The van der Waals surface area contributed by atoms with Crippen LogP contribution >= 0.6 is 0 Å². The van der Waals surface area contributed by atoms with Crippen LogP contribution < -0.4 is 10.1 Å². The Bertz CT molecular complexity index is 688. The van der Waals surface area contributed by atoms with Crippen molar-refractivity contribution in [1.29, 1.82) is 0 Å². The molecular weight excluding hydrogens is 286 g/mol. The Kier molecular flexibility index (Phi) is 4.65. The van der Waals surface area contributed by atoms with Gasteiger partial charge in [-0.15, -0.1) is 0 Å². The van der Waals surface area contributed by atoms with E-state index in [-0.39, 0.29) is 18.6 Å². The molecule has 0 saturated carbocycles. The predicted octanol–water partition coefficient (Wildman–Crippen LogP) is 3.88. The van der Waals surface area contributed by atoms with Crippen LogP contribution in [0.3, 0.4) is 0 Å². The third-order valence-corrected chi connectivity index (χ3v) is 4.46. The SMILES string of the molecule is Cc1cccc(C)c1OCC(=O)N[C@H]1CCCc2ccccc21. The Balaban J connectivity index is 1.63. The molecule has 0 bridgehead atoms. The van der Waals surface area contributed by atoms with E-state index in [2.05, 4.69) is 23.5 Å². The maximum atomic E-state index is 12.3. The first-order valence-electron chi connectivity index (χ1n) is 8.21. The van der Waals surface area contributed by atoms with Gasteiger partial charge in [0.2, 0.25) is 0 Å². The molecule has 1 atom stereocenters. The van der Waals surface area contributed by atoms with Crippen LogP contribution in [0, 0.1) is 13.8 Å². The van der Waals surface area contributed by atoms with Gasteiger partial charge in [0.15, 0.2) is 6.61 Å². The average molecular weight is 309 g/mol. The molecule has 0 spiro atoms. The lowest BCUT2D eigenvalue weighted by atomic mass is 9.88. The smallest absolute Gasteiger partial charge is 0.258 e. The minimum absolute atomic E-state index is 0.0599. The number of aryl methyl sites for hydroxylation is 3. The number of amides is 1. The number of ether oxygens (including phenoxy) is 1. The summed E-state index contributed by atoms with van der Waals surface area (Å²) in [5, 5.41) is 3.12. The molecule has 0 radical (unpaired) electrons. The fourth-order valence-corrected chi connectivity index (χ4v) is 3.30. The number of carbonyl (C=O) groups is 1. The zero-order valence-electron chi connectivity index (χ0n) is 13.8. The van der Waals surface area contributed by atoms with Crippen molar-refractivity contribution in [2.45, 2.75) is 39.2 Å². The summed E-state index contributed by atoms with van der Waals surface area (Å²) < 4.78 is 5.75. The van der Waals surface area contributed by atoms with Crippen molar-refractivity contribution in [3.63, 3.8) is 0 Å². The van der Waals surface area contributed by atoms with E-state index in [4.69, 9.17) is 4.74 Å². The van der Waals surface area contributed by atoms with E-state index in [1.165, 1.54) is 11.1 Å². The molecule has 3 nitrogen and oxygen atoms in total. The van der Waals surface area contributed by atoms with Crippen molar-refractivity contribution in [3.8, 4) is 5.75 Å². The Morgan fingerprint density at radius 2 is 1.87 bits per heavy atom. The molecule has 23 heavy (non-hydrogen) atoms. The van der Waals surface area contributed by atoms with Gasteiger partial charge in [0, 0.05) is 0 Å². The monoisotopic (exact) mass is 309 g/mol. The van der Waals surface area contributed by atoms with Crippen molar-refractivity contribution in [3.05, 3.63) is 64.7 Å². The Hall–Kier alpha value is -2.29. The molecular formula is C20H23NO2. The number of carbonyl (C=O) groups excluding carboxylic acids is 1. The molecule has 2 aromatic carbocycles. The zero-order valence-corrected chi connectivity index (χ0v) is 13.8. The molecule has 0 aromatic heterocycles. The van der Waals surface area contributed by atoms with Crippen molar-refractivity contribution >= 4 is 5.91 Å². The minimum Gasteiger partial charge on any atom is -0.483 e. The highest BCUT2D eigenvalue weighted by molar-refractivity contribution is 5.78. The van der Waals surface area contributed by atoms with E-state index in [0.29, 0.717) is 0 Å². The number of benzene rings is 2. The van der Waals surface area contributed by atoms with Gasteiger partial charge in [-0.05, 0) is 55.4 Å². The molecule has 2 aromatic rings. The number of para-hydroxylation sites is 1. The first kappa shape index (κ1) is 15.6. The maximum Gasteiger partial charge on any atom is 0.258 e. The highest BCUT2D eigenvalue weighted by Gasteiger charge is 2.21. The molecule has 1 aliphatic rings. The Labute approximate surface area is 137 Å².